The van der Waals surface area contributed by atoms with Crippen molar-refractivity contribution >= 4 is 65.9 Å². The van der Waals surface area contributed by atoms with Crippen molar-refractivity contribution in [2.75, 3.05) is 0 Å². The first-order valence-electron chi connectivity index (χ1n) is 18.7. The Morgan fingerprint density at radius 3 is 1.75 bits per heavy atom. The summed E-state index contributed by atoms with van der Waals surface area (Å²) in [6.07, 6.45) is 8.77. The summed E-state index contributed by atoms with van der Waals surface area (Å²) in [6.45, 7) is 2.09. The SMILES string of the molecule is C#CC=N/C=C(\C)c1c2ccccc2c(-c2ccc(-n3nc4cc(-c5cccc6ccccc56)cc(-c5cccc6ccccc56)c4n3)cc2)c2ccccc12. The van der Waals surface area contributed by atoms with Crippen molar-refractivity contribution in [1.29, 1.82) is 0 Å². The molecule has 0 aliphatic rings. The summed E-state index contributed by atoms with van der Waals surface area (Å²) in [7, 11) is 0. The van der Waals surface area contributed by atoms with Crippen LogP contribution in [0, 0.1) is 12.3 Å². The van der Waals surface area contributed by atoms with E-state index < -0.39 is 0 Å². The fourth-order valence-electron chi connectivity index (χ4n) is 8.32. The van der Waals surface area contributed by atoms with E-state index in [1.165, 1.54) is 49.7 Å². The Bertz CT molecular complexity index is 3200. The molecule has 4 nitrogen and oxygen atoms in total. The number of nitrogens with zero attached hydrogens (tertiary/aromatic N) is 4. The molecule has 0 fully saturated rings. The topological polar surface area (TPSA) is 43.1 Å². The van der Waals surface area contributed by atoms with Gasteiger partial charge >= 0.3 is 0 Å². The lowest BCUT2D eigenvalue weighted by Crippen LogP contribution is -1.98. The molecule has 0 aliphatic carbocycles. The Hall–Kier alpha value is -7.61. The minimum absolute atomic E-state index is 0.838. The van der Waals surface area contributed by atoms with Gasteiger partial charge < -0.3 is 0 Å². The highest BCUT2D eigenvalue weighted by molar-refractivity contribution is 6.18. The van der Waals surface area contributed by atoms with Crippen LogP contribution in [0.25, 0.3) is 98.8 Å². The van der Waals surface area contributed by atoms with Crippen LogP contribution in [0.1, 0.15) is 12.5 Å². The predicted molar refractivity (Wildman–Crippen MR) is 236 cm³/mol. The van der Waals surface area contributed by atoms with E-state index in [2.05, 4.69) is 188 Å². The lowest BCUT2D eigenvalue weighted by Gasteiger charge is -2.17. The van der Waals surface area contributed by atoms with Crippen molar-refractivity contribution in [1.82, 2.24) is 15.0 Å². The van der Waals surface area contributed by atoms with Crippen molar-refractivity contribution < 1.29 is 0 Å². The highest BCUT2D eigenvalue weighted by atomic mass is 15.5. The van der Waals surface area contributed by atoms with Gasteiger partial charge in [0.2, 0.25) is 0 Å². The molecule has 0 aliphatic heterocycles. The molecule has 0 atom stereocenters. The number of fused-ring (bicyclic) bond motifs is 5. The van der Waals surface area contributed by atoms with Gasteiger partial charge in [-0.25, -0.2) is 0 Å². The Kier molecular flexibility index (Phi) is 8.05. The molecule has 0 radical (unpaired) electrons. The number of hydrogen-bond acceptors (Lipinski definition) is 3. The van der Waals surface area contributed by atoms with Crippen LogP contribution in [0.3, 0.4) is 0 Å². The first kappa shape index (κ1) is 33.0. The molecule has 10 aromatic rings. The third-order valence-electron chi connectivity index (χ3n) is 10.8. The molecule has 0 saturated carbocycles. The number of aromatic nitrogens is 3. The van der Waals surface area contributed by atoms with Crippen LogP contribution >= 0.6 is 0 Å². The molecule has 9 aromatic carbocycles. The van der Waals surface area contributed by atoms with Gasteiger partial charge in [0.1, 0.15) is 11.0 Å². The Morgan fingerprint density at radius 1 is 0.554 bits per heavy atom. The fraction of sp³-hybridized carbons (Fsp3) is 0.0192. The van der Waals surface area contributed by atoms with E-state index in [4.69, 9.17) is 16.6 Å². The molecule has 1 aromatic heterocycles. The van der Waals surface area contributed by atoms with E-state index in [-0.39, 0.29) is 0 Å². The van der Waals surface area contributed by atoms with Crippen molar-refractivity contribution in [3.8, 4) is 51.4 Å². The first-order chi connectivity index (χ1) is 27.7. The van der Waals surface area contributed by atoms with E-state index >= 15 is 0 Å². The number of allylic oxidation sites excluding steroid dienone is 1. The summed E-state index contributed by atoms with van der Waals surface area (Å²) in [5, 5.41) is 19.8. The minimum atomic E-state index is 0.838. The van der Waals surface area contributed by atoms with Gasteiger partial charge in [0, 0.05) is 11.8 Å². The molecular formula is C52H34N4. The molecule has 4 heteroatoms. The van der Waals surface area contributed by atoms with Gasteiger partial charge in [-0.15, -0.1) is 16.6 Å². The monoisotopic (exact) mass is 714 g/mol. The zero-order valence-corrected chi connectivity index (χ0v) is 30.7. The van der Waals surface area contributed by atoms with Crippen molar-refractivity contribution in [3.63, 3.8) is 0 Å². The highest BCUT2D eigenvalue weighted by Gasteiger charge is 2.19. The Balaban J connectivity index is 1.14. The van der Waals surface area contributed by atoms with Gasteiger partial charge in [0.15, 0.2) is 0 Å². The van der Waals surface area contributed by atoms with Crippen LogP contribution in [0.4, 0.5) is 0 Å². The largest absolute Gasteiger partial charge is 0.255 e. The van der Waals surface area contributed by atoms with Crippen LogP contribution < -0.4 is 0 Å². The second-order valence-corrected chi connectivity index (χ2v) is 14.1. The summed E-state index contributed by atoms with van der Waals surface area (Å²) < 4.78 is 0. The van der Waals surface area contributed by atoms with E-state index in [1.54, 1.807) is 4.80 Å². The molecule has 0 bridgehead atoms. The number of aliphatic imine (C=N–C) groups is 1. The molecule has 10 rings (SSSR count). The molecule has 0 unspecified atom stereocenters. The normalized spacial score (nSPS) is 12.0. The van der Waals surface area contributed by atoms with Gasteiger partial charge in [0.05, 0.1) is 11.9 Å². The van der Waals surface area contributed by atoms with Crippen LogP contribution in [0.5, 0.6) is 0 Å². The molecule has 262 valence electrons. The maximum Gasteiger partial charge on any atom is 0.121 e. The van der Waals surface area contributed by atoms with Crippen LogP contribution in [0.15, 0.2) is 181 Å². The van der Waals surface area contributed by atoms with E-state index in [0.29, 0.717) is 0 Å². The van der Waals surface area contributed by atoms with Crippen molar-refractivity contribution in [3.05, 3.63) is 182 Å². The van der Waals surface area contributed by atoms with Gasteiger partial charge in [-0.05, 0) is 113 Å². The summed E-state index contributed by atoms with van der Waals surface area (Å²) in [5.74, 6) is 2.49. The van der Waals surface area contributed by atoms with Crippen LogP contribution in [-0.4, -0.2) is 21.2 Å². The van der Waals surface area contributed by atoms with Crippen molar-refractivity contribution in [2.45, 2.75) is 6.92 Å². The smallest absolute Gasteiger partial charge is 0.121 e. The lowest BCUT2D eigenvalue weighted by atomic mass is 9.86. The highest BCUT2D eigenvalue weighted by Crippen LogP contribution is 2.42. The minimum Gasteiger partial charge on any atom is -0.255 e. The van der Waals surface area contributed by atoms with Gasteiger partial charge in [-0.3, -0.25) is 4.99 Å². The quantitative estimate of drug-likeness (QED) is 0.0978. The maximum absolute atomic E-state index is 5.44. The fourth-order valence-corrected chi connectivity index (χ4v) is 8.32. The molecule has 56 heavy (non-hydrogen) atoms. The van der Waals surface area contributed by atoms with E-state index in [0.717, 1.165) is 60.9 Å². The van der Waals surface area contributed by atoms with Crippen molar-refractivity contribution in [2.24, 2.45) is 4.99 Å². The molecule has 0 N–H and O–H groups in total. The third kappa shape index (κ3) is 5.54. The standard InChI is InChI=1S/C52H34N4/c1-3-30-53-33-34(2)50-44-20-8-10-22-46(44)51(47-23-11-9-21-45(47)50)37-26-28-39(29-27-37)56-54-49-32-38(42-24-12-16-35-14-4-6-18-40(35)42)31-48(52(49)55-56)43-25-13-17-36-15-5-7-19-41(36)43/h1,4-33H,2H3/b34-33+,53-30?. The summed E-state index contributed by atoms with van der Waals surface area (Å²) >= 11 is 0. The van der Waals surface area contributed by atoms with E-state index in [1.807, 2.05) is 6.20 Å². The predicted octanol–water partition coefficient (Wildman–Crippen LogP) is 13.1. The summed E-state index contributed by atoms with van der Waals surface area (Å²) in [6, 6.07) is 60.3. The number of rotatable bonds is 6. The molecular weight excluding hydrogens is 681 g/mol. The number of terminal acetylenes is 1. The summed E-state index contributed by atoms with van der Waals surface area (Å²) in [4.78, 5) is 6.12. The van der Waals surface area contributed by atoms with Gasteiger partial charge in [0.25, 0.3) is 0 Å². The van der Waals surface area contributed by atoms with Gasteiger partial charge in [-0.2, -0.15) is 4.80 Å². The third-order valence-corrected chi connectivity index (χ3v) is 10.8. The lowest BCUT2D eigenvalue weighted by molar-refractivity contribution is 0.766. The van der Waals surface area contributed by atoms with E-state index in [9.17, 15) is 0 Å². The zero-order chi connectivity index (χ0) is 37.6. The molecule has 1 heterocycles. The number of benzene rings is 9. The average molecular weight is 715 g/mol. The average Bonchev–Trinajstić information content (AvgIpc) is 3.69. The molecule has 0 amide bonds. The second-order valence-electron chi connectivity index (χ2n) is 14.1. The zero-order valence-electron chi connectivity index (χ0n) is 30.7. The van der Waals surface area contributed by atoms with Crippen LogP contribution in [0.2, 0.25) is 0 Å². The molecule has 0 saturated heterocycles. The number of hydrogen-bond donors (Lipinski definition) is 0. The Morgan fingerprint density at radius 2 is 1.11 bits per heavy atom. The van der Waals surface area contributed by atoms with Crippen LogP contribution in [-0.2, 0) is 0 Å². The van der Waals surface area contributed by atoms with Gasteiger partial charge in [-0.1, -0.05) is 152 Å². The second kappa shape index (κ2) is 13.7. The summed E-state index contributed by atoms with van der Waals surface area (Å²) in [5.41, 5.74) is 11.5. The maximum atomic E-state index is 5.44. The Labute approximate surface area is 324 Å². The molecule has 0 spiro atoms. The first-order valence-corrected chi connectivity index (χ1v) is 18.7.